The normalized spacial score (nSPS) is 20.5. The van der Waals surface area contributed by atoms with E-state index in [0.717, 1.165) is 3.93 Å². The summed E-state index contributed by atoms with van der Waals surface area (Å²) in [6, 6.07) is 0. The Morgan fingerprint density at radius 3 is 1.23 bits per heavy atom. The second-order valence-corrected chi connectivity index (χ2v) is 20.6. The van der Waals surface area contributed by atoms with Crippen LogP contribution in [0.15, 0.2) is 22.3 Å². The maximum absolute atomic E-state index is 2.54. The van der Waals surface area contributed by atoms with Crippen molar-refractivity contribution in [2.24, 2.45) is 0 Å². The van der Waals surface area contributed by atoms with E-state index in [-0.39, 0.29) is 0 Å². The Hall–Kier alpha value is 0.279. The summed E-state index contributed by atoms with van der Waals surface area (Å²) in [6.07, 6.45) is 0. The molecule has 0 aromatic carbocycles. The Morgan fingerprint density at radius 2 is 1.08 bits per heavy atom. The molecule has 0 fully saturated rings. The molecule has 0 heterocycles. The SMILES string of the molecule is CC1=C(C)[CH]([Sn]([CH3])([CH3])[CH3])C(C)=C1C. The van der Waals surface area contributed by atoms with Crippen molar-refractivity contribution in [3.63, 3.8) is 0 Å². The van der Waals surface area contributed by atoms with Gasteiger partial charge < -0.3 is 0 Å². The first-order valence-electron chi connectivity index (χ1n) is 5.12. The minimum absolute atomic E-state index is 0.870. The van der Waals surface area contributed by atoms with Crippen LogP contribution in [-0.2, 0) is 0 Å². The average Bonchev–Trinajstić information content (AvgIpc) is 2.14. The Balaban J connectivity index is 3.18. The molecule has 0 N–H and O–H groups in total. The topological polar surface area (TPSA) is 0 Å². The quantitative estimate of drug-likeness (QED) is 0.627. The number of rotatable bonds is 1. The summed E-state index contributed by atoms with van der Waals surface area (Å²) in [5.74, 6) is 0. The van der Waals surface area contributed by atoms with Gasteiger partial charge in [-0.25, -0.2) is 0 Å². The van der Waals surface area contributed by atoms with Crippen LogP contribution in [-0.4, -0.2) is 18.4 Å². The molecule has 1 rings (SSSR count). The molecular formula is C12H22Sn. The van der Waals surface area contributed by atoms with Gasteiger partial charge >= 0.3 is 87.1 Å². The molecule has 0 spiro atoms. The van der Waals surface area contributed by atoms with E-state index in [1.807, 2.05) is 0 Å². The summed E-state index contributed by atoms with van der Waals surface area (Å²) in [5, 5.41) is 0. The van der Waals surface area contributed by atoms with Crippen LogP contribution in [0.3, 0.4) is 0 Å². The zero-order valence-corrected chi connectivity index (χ0v) is 12.9. The second kappa shape index (κ2) is 3.45. The number of allylic oxidation sites excluding steroid dienone is 4. The first-order valence-corrected chi connectivity index (χ1v) is 15.3. The summed E-state index contributed by atoms with van der Waals surface area (Å²) >= 11 is -1.78. The number of hydrogen-bond acceptors (Lipinski definition) is 0. The van der Waals surface area contributed by atoms with Crippen LogP contribution in [0.2, 0.25) is 18.8 Å². The van der Waals surface area contributed by atoms with Crippen LogP contribution >= 0.6 is 0 Å². The first-order chi connectivity index (χ1) is 5.76. The van der Waals surface area contributed by atoms with Crippen molar-refractivity contribution in [2.45, 2.75) is 46.4 Å². The molecule has 0 atom stereocenters. The summed E-state index contributed by atoms with van der Waals surface area (Å²) in [5.41, 5.74) is 6.46. The molecule has 0 saturated carbocycles. The molecule has 1 heteroatoms. The van der Waals surface area contributed by atoms with Gasteiger partial charge in [-0.05, 0) is 0 Å². The fraction of sp³-hybridized carbons (Fsp3) is 0.667. The summed E-state index contributed by atoms with van der Waals surface area (Å²) in [7, 11) is 0. The molecule has 74 valence electrons. The summed E-state index contributed by atoms with van der Waals surface area (Å²) in [6.45, 7) is 9.24. The number of hydrogen-bond donors (Lipinski definition) is 0. The van der Waals surface area contributed by atoms with E-state index < -0.39 is 18.4 Å². The van der Waals surface area contributed by atoms with E-state index in [2.05, 4.69) is 42.5 Å². The Bertz CT molecular complexity index is 263. The van der Waals surface area contributed by atoms with Crippen molar-refractivity contribution < 1.29 is 0 Å². The van der Waals surface area contributed by atoms with E-state index in [4.69, 9.17) is 0 Å². The van der Waals surface area contributed by atoms with E-state index in [0.29, 0.717) is 0 Å². The third-order valence-corrected chi connectivity index (χ3v) is 10.9. The standard InChI is InChI=1S/C9H13.3CH3.Sn/c1-6-5-7(2)9(4)8(6)3;;;;/h5H,1-4H3;3*1H3;. The van der Waals surface area contributed by atoms with Crippen LogP contribution in [0.1, 0.15) is 27.7 Å². The van der Waals surface area contributed by atoms with E-state index in [1.165, 1.54) is 0 Å². The van der Waals surface area contributed by atoms with Gasteiger partial charge in [0.2, 0.25) is 0 Å². The molecule has 0 unspecified atom stereocenters. The molecule has 0 nitrogen and oxygen atoms in total. The predicted octanol–water partition coefficient (Wildman–Crippen LogP) is 4.38. The average molecular weight is 285 g/mol. The fourth-order valence-corrected chi connectivity index (χ4v) is 11.3. The monoisotopic (exact) mass is 286 g/mol. The van der Waals surface area contributed by atoms with Crippen LogP contribution in [0.5, 0.6) is 0 Å². The predicted molar refractivity (Wildman–Crippen MR) is 63.8 cm³/mol. The molecule has 1 aliphatic carbocycles. The molecule has 13 heavy (non-hydrogen) atoms. The summed E-state index contributed by atoms with van der Waals surface area (Å²) < 4.78 is 0.870. The van der Waals surface area contributed by atoms with E-state index >= 15 is 0 Å². The zero-order valence-electron chi connectivity index (χ0n) is 10.1. The van der Waals surface area contributed by atoms with Gasteiger partial charge in [-0.3, -0.25) is 0 Å². The van der Waals surface area contributed by atoms with Crippen LogP contribution in [0, 0.1) is 0 Å². The third-order valence-electron chi connectivity index (χ3n) is 3.48. The zero-order chi connectivity index (χ0) is 10.4. The molecule has 0 amide bonds. The molecule has 0 aromatic heterocycles. The van der Waals surface area contributed by atoms with Crippen molar-refractivity contribution in [3.05, 3.63) is 22.3 Å². The maximum atomic E-state index is 2.54. The van der Waals surface area contributed by atoms with Crippen LogP contribution < -0.4 is 0 Å². The molecule has 1 aliphatic rings. The Kier molecular flexibility index (Phi) is 3.01. The van der Waals surface area contributed by atoms with Crippen molar-refractivity contribution >= 4 is 18.4 Å². The van der Waals surface area contributed by atoms with Crippen molar-refractivity contribution in [1.82, 2.24) is 0 Å². The van der Waals surface area contributed by atoms with Gasteiger partial charge in [0.1, 0.15) is 0 Å². The molecule has 0 aromatic rings. The Labute approximate surface area is 87.0 Å². The molecule has 0 saturated heterocycles. The van der Waals surface area contributed by atoms with Crippen molar-refractivity contribution in [1.29, 1.82) is 0 Å². The van der Waals surface area contributed by atoms with Gasteiger partial charge in [-0.1, -0.05) is 0 Å². The minimum atomic E-state index is -1.78. The fourth-order valence-electron chi connectivity index (χ4n) is 2.65. The molecule has 0 bridgehead atoms. The van der Waals surface area contributed by atoms with Crippen molar-refractivity contribution in [2.75, 3.05) is 0 Å². The van der Waals surface area contributed by atoms with Crippen LogP contribution in [0.4, 0.5) is 0 Å². The Morgan fingerprint density at radius 1 is 0.769 bits per heavy atom. The van der Waals surface area contributed by atoms with Gasteiger partial charge in [-0.2, -0.15) is 0 Å². The van der Waals surface area contributed by atoms with E-state index in [9.17, 15) is 0 Å². The van der Waals surface area contributed by atoms with Crippen molar-refractivity contribution in [3.8, 4) is 0 Å². The van der Waals surface area contributed by atoms with Crippen LogP contribution in [0.25, 0.3) is 0 Å². The van der Waals surface area contributed by atoms with Gasteiger partial charge in [-0.15, -0.1) is 0 Å². The van der Waals surface area contributed by atoms with Gasteiger partial charge in [0.25, 0.3) is 0 Å². The second-order valence-electron chi connectivity index (χ2n) is 5.42. The molecule has 0 radical (unpaired) electrons. The molecular weight excluding hydrogens is 263 g/mol. The molecule has 0 aliphatic heterocycles. The third kappa shape index (κ3) is 1.88. The van der Waals surface area contributed by atoms with Gasteiger partial charge in [0, 0.05) is 0 Å². The first kappa shape index (κ1) is 11.4. The van der Waals surface area contributed by atoms with Gasteiger partial charge in [0.15, 0.2) is 0 Å². The van der Waals surface area contributed by atoms with E-state index in [1.54, 1.807) is 22.3 Å². The summed E-state index contributed by atoms with van der Waals surface area (Å²) in [4.78, 5) is 7.62. The van der Waals surface area contributed by atoms with Gasteiger partial charge in [0.05, 0.1) is 0 Å².